The number of pyridine rings is 1. The summed E-state index contributed by atoms with van der Waals surface area (Å²) in [6.07, 6.45) is 4.07. The lowest BCUT2D eigenvalue weighted by atomic mass is 9.97. The van der Waals surface area contributed by atoms with Gasteiger partial charge in [0.1, 0.15) is 0 Å². The van der Waals surface area contributed by atoms with Crippen molar-refractivity contribution >= 4 is 17.5 Å². The minimum absolute atomic E-state index is 0.0129. The molecule has 0 spiro atoms. The Bertz CT molecular complexity index is 692. The Morgan fingerprint density at radius 1 is 1.38 bits per heavy atom. The Morgan fingerprint density at radius 3 is 2.96 bits per heavy atom. The maximum Gasteiger partial charge on any atom is 0.223 e. The zero-order valence-corrected chi connectivity index (χ0v) is 14.5. The molecule has 0 bridgehead atoms. The van der Waals surface area contributed by atoms with Crippen molar-refractivity contribution in [2.24, 2.45) is 0 Å². The molecule has 126 valence electrons. The van der Waals surface area contributed by atoms with E-state index in [4.69, 9.17) is 11.6 Å². The highest BCUT2D eigenvalue weighted by molar-refractivity contribution is 6.31. The zero-order chi connectivity index (χ0) is 16.9. The van der Waals surface area contributed by atoms with E-state index in [1.807, 2.05) is 47.5 Å². The number of amides is 1. The molecule has 1 N–H and O–H groups in total. The van der Waals surface area contributed by atoms with Gasteiger partial charge in [0.05, 0.1) is 6.04 Å². The third-order valence-corrected chi connectivity index (χ3v) is 4.91. The number of hydrogen-bond donors (Lipinski definition) is 1. The van der Waals surface area contributed by atoms with Crippen LogP contribution < -0.4 is 5.32 Å². The molecule has 4 nitrogen and oxygen atoms in total. The standard InChI is InChI=1S/C19H22ClN3O/c1-14(15-5-4-8-21-12-15)11-19(24)23-10-9-22-13-18(23)16-6-2-3-7-17(16)20/h2-8,12,14,18,22H,9-11,13H2,1H3. The van der Waals surface area contributed by atoms with E-state index in [0.29, 0.717) is 18.0 Å². The average molecular weight is 344 g/mol. The third-order valence-electron chi connectivity index (χ3n) is 4.56. The van der Waals surface area contributed by atoms with Crippen LogP contribution in [0.3, 0.4) is 0 Å². The summed E-state index contributed by atoms with van der Waals surface area (Å²) in [7, 11) is 0. The zero-order valence-electron chi connectivity index (χ0n) is 13.8. The van der Waals surface area contributed by atoms with Gasteiger partial charge in [0.2, 0.25) is 5.91 Å². The largest absolute Gasteiger partial charge is 0.333 e. The van der Waals surface area contributed by atoms with Gasteiger partial charge in [-0.25, -0.2) is 0 Å². The van der Waals surface area contributed by atoms with E-state index in [1.54, 1.807) is 6.20 Å². The van der Waals surface area contributed by atoms with E-state index in [9.17, 15) is 4.79 Å². The summed E-state index contributed by atoms with van der Waals surface area (Å²) in [6.45, 7) is 4.32. The van der Waals surface area contributed by atoms with Gasteiger partial charge in [0, 0.05) is 43.5 Å². The van der Waals surface area contributed by atoms with Crippen molar-refractivity contribution < 1.29 is 4.79 Å². The molecule has 2 unspecified atom stereocenters. The Labute approximate surface area is 147 Å². The van der Waals surface area contributed by atoms with Gasteiger partial charge in [-0.2, -0.15) is 0 Å². The van der Waals surface area contributed by atoms with E-state index in [2.05, 4.69) is 17.2 Å². The van der Waals surface area contributed by atoms with Gasteiger partial charge < -0.3 is 10.2 Å². The van der Waals surface area contributed by atoms with Crippen LogP contribution in [-0.4, -0.2) is 35.4 Å². The smallest absolute Gasteiger partial charge is 0.223 e. The Morgan fingerprint density at radius 2 is 2.21 bits per heavy atom. The highest BCUT2D eigenvalue weighted by atomic mass is 35.5. The minimum Gasteiger partial charge on any atom is -0.333 e. The lowest BCUT2D eigenvalue weighted by molar-refractivity contribution is -0.134. The number of nitrogens with zero attached hydrogens (tertiary/aromatic N) is 2. The Kier molecular flexibility index (Phi) is 5.48. The summed E-state index contributed by atoms with van der Waals surface area (Å²) in [5.74, 6) is 0.311. The van der Waals surface area contributed by atoms with Crippen LogP contribution in [0.25, 0.3) is 0 Å². The molecular formula is C19H22ClN3O. The van der Waals surface area contributed by atoms with Crippen LogP contribution in [0.15, 0.2) is 48.8 Å². The number of aromatic nitrogens is 1. The molecular weight excluding hydrogens is 322 g/mol. The van der Waals surface area contributed by atoms with Crippen molar-refractivity contribution in [2.75, 3.05) is 19.6 Å². The fourth-order valence-corrected chi connectivity index (χ4v) is 3.45. The quantitative estimate of drug-likeness (QED) is 0.925. The van der Waals surface area contributed by atoms with E-state index in [0.717, 1.165) is 24.2 Å². The fourth-order valence-electron chi connectivity index (χ4n) is 3.19. The lowest BCUT2D eigenvalue weighted by Gasteiger charge is -2.37. The molecule has 1 amide bonds. The molecule has 5 heteroatoms. The van der Waals surface area contributed by atoms with E-state index < -0.39 is 0 Å². The van der Waals surface area contributed by atoms with Gasteiger partial charge in [-0.15, -0.1) is 0 Å². The molecule has 1 saturated heterocycles. The summed E-state index contributed by atoms with van der Waals surface area (Å²) in [5.41, 5.74) is 2.10. The molecule has 0 radical (unpaired) electrons. The van der Waals surface area contributed by atoms with Crippen molar-refractivity contribution in [3.63, 3.8) is 0 Å². The summed E-state index contributed by atoms with van der Waals surface area (Å²) in [4.78, 5) is 19.0. The van der Waals surface area contributed by atoms with Gasteiger partial charge in [0.25, 0.3) is 0 Å². The maximum absolute atomic E-state index is 12.9. The fraction of sp³-hybridized carbons (Fsp3) is 0.368. The molecule has 24 heavy (non-hydrogen) atoms. The molecule has 2 heterocycles. The van der Waals surface area contributed by atoms with Crippen molar-refractivity contribution in [1.29, 1.82) is 0 Å². The highest BCUT2D eigenvalue weighted by Gasteiger charge is 2.29. The van der Waals surface area contributed by atoms with Crippen molar-refractivity contribution in [3.05, 3.63) is 64.9 Å². The van der Waals surface area contributed by atoms with Crippen LogP contribution in [0.5, 0.6) is 0 Å². The number of carbonyl (C=O) groups is 1. The van der Waals surface area contributed by atoms with Gasteiger partial charge >= 0.3 is 0 Å². The second kappa shape index (κ2) is 7.77. The van der Waals surface area contributed by atoms with Crippen LogP contribution in [0.2, 0.25) is 5.02 Å². The van der Waals surface area contributed by atoms with Gasteiger partial charge in [-0.05, 0) is 29.2 Å². The normalized spacial score (nSPS) is 19.1. The number of hydrogen-bond acceptors (Lipinski definition) is 3. The summed E-state index contributed by atoms with van der Waals surface area (Å²) >= 11 is 6.36. The molecule has 0 saturated carbocycles. The maximum atomic E-state index is 12.9. The van der Waals surface area contributed by atoms with Crippen molar-refractivity contribution in [1.82, 2.24) is 15.2 Å². The monoisotopic (exact) mass is 343 g/mol. The van der Waals surface area contributed by atoms with Crippen LogP contribution in [-0.2, 0) is 4.79 Å². The molecule has 1 aliphatic heterocycles. The second-order valence-electron chi connectivity index (χ2n) is 6.22. The minimum atomic E-state index is -0.0129. The first kappa shape index (κ1) is 16.9. The predicted octanol–water partition coefficient (Wildman–Crippen LogP) is 3.40. The van der Waals surface area contributed by atoms with E-state index in [1.165, 1.54) is 0 Å². The summed E-state index contributed by atoms with van der Waals surface area (Å²) in [5, 5.41) is 4.08. The van der Waals surface area contributed by atoms with Crippen molar-refractivity contribution in [3.8, 4) is 0 Å². The molecule has 2 atom stereocenters. The predicted molar refractivity (Wildman–Crippen MR) is 96.0 cm³/mol. The van der Waals surface area contributed by atoms with Crippen LogP contribution in [0.1, 0.15) is 36.4 Å². The Hall–Kier alpha value is -1.91. The summed E-state index contributed by atoms with van der Waals surface area (Å²) < 4.78 is 0. The lowest BCUT2D eigenvalue weighted by Crippen LogP contribution is -2.49. The molecule has 1 aromatic heterocycles. The molecule has 1 aliphatic rings. The van der Waals surface area contributed by atoms with E-state index >= 15 is 0 Å². The van der Waals surface area contributed by atoms with Crippen LogP contribution >= 0.6 is 11.6 Å². The average Bonchev–Trinajstić information content (AvgIpc) is 2.63. The molecule has 1 fully saturated rings. The SMILES string of the molecule is CC(CC(=O)N1CCNCC1c1ccccc1Cl)c1cccnc1. The van der Waals surface area contributed by atoms with Gasteiger partial charge in [-0.3, -0.25) is 9.78 Å². The molecule has 0 aliphatic carbocycles. The summed E-state index contributed by atoms with van der Waals surface area (Å²) in [6, 6.07) is 11.7. The van der Waals surface area contributed by atoms with Gasteiger partial charge in [-0.1, -0.05) is 42.8 Å². The number of nitrogens with one attached hydrogen (secondary N) is 1. The highest BCUT2D eigenvalue weighted by Crippen LogP contribution is 2.30. The van der Waals surface area contributed by atoms with E-state index in [-0.39, 0.29) is 17.9 Å². The van der Waals surface area contributed by atoms with Crippen LogP contribution in [0.4, 0.5) is 0 Å². The number of benzene rings is 1. The first-order valence-electron chi connectivity index (χ1n) is 8.31. The number of halogens is 1. The second-order valence-corrected chi connectivity index (χ2v) is 6.63. The van der Waals surface area contributed by atoms with Gasteiger partial charge in [0.15, 0.2) is 0 Å². The first-order chi connectivity index (χ1) is 11.7. The van der Waals surface area contributed by atoms with Crippen molar-refractivity contribution in [2.45, 2.75) is 25.3 Å². The Balaban J connectivity index is 1.75. The number of rotatable bonds is 4. The molecule has 3 rings (SSSR count). The topological polar surface area (TPSA) is 45.2 Å². The number of carbonyl (C=O) groups excluding carboxylic acids is 1. The number of piperazine rings is 1. The first-order valence-corrected chi connectivity index (χ1v) is 8.69. The molecule has 1 aromatic carbocycles. The third kappa shape index (κ3) is 3.77. The van der Waals surface area contributed by atoms with Crippen LogP contribution in [0, 0.1) is 0 Å². The molecule has 2 aromatic rings.